The van der Waals surface area contributed by atoms with Crippen LogP contribution in [-0.4, -0.2) is 42.8 Å². The first-order chi connectivity index (χ1) is 12.7. The predicted molar refractivity (Wildman–Crippen MR) is 97.4 cm³/mol. The fourth-order valence-electron chi connectivity index (χ4n) is 2.90. The quantitative estimate of drug-likeness (QED) is 0.757. The fourth-order valence-corrected chi connectivity index (χ4v) is 4.01. The second kappa shape index (κ2) is 6.99. The highest BCUT2D eigenvalue weighted by molar-refractivity contribution is 7.21. The van der Waals surface area contributed by atoms with Gasteiger partial charge in [-0.15, -0.1) is 11.3 Å². The number of ether oxygens (including phenoxy) is 3. The number of hydrogen-bond acceptors (Lipinski definition) is 7. The number of benzene rings is 1. The van der Waals surface area contributed by atoms with Crippen molar-refractivity contribution < 1.29 is 19.0 Å². The van der Waals surface area contributed by atoms with E-state index >= 15 is 0 Å². The maximum atomic E-state index is 11.4. The van der Waals surface area contributed by atoms with Gasteiger partial charge in [0.15, 0.2) is 0 Å². The zero-order valence-electron chi connectivity index (χ0n) is 14.1. The van der Waals surface area contributed by atoms with Crippen LogP contribution < -0.4 is 10.5 Å². The second-order valence-corrected chi connectivity index (χ2v) is 6.78. The molecule has 2 aromatic heterocycles. The molecule has 0 bridgehead atoms. The number of nitrogens with zero attached hydrogens (tertiary/aromatic N) is 2. The molecular weight excluding hydrogens is 354 g/mol. The molecule has 0 radical (unpaired) electrons. The summed E-state index contributed by atoms with van der Waals surface area (Å²) in [5, 5.41) is 0.686. The molecule has 1 atom stereocenters. The molecule has 1 fully saturated rings. The number of carbonyl (C=O) groups excluding carboxylic acids is 1. The van der Waals surface area contributed by atoms with Crippen LogP contribution in [0.3, 0.4) is 0 Å². The highest BCUT2D eigenvalue weighted by Gasteiger charge is 2.23. The molecule has 0 spiro atoms. The van der Waals surface area contributed by atoms with E-state index < -0.39 is 5.91 Å². The molecule has 1 aliphatic rings. The van der Waals surface area contributed by atoms with E-state index in [0.717, 1.165) is 15.8 Å². The number of hydrogen-bond donors (Lipinski definition) is 1. The lowest BCUT2D eigenvalue weighted by atomic mass is 10.1. The van der Waals surface area contributed by atoms with Crippen molar-refractivity contribution in [2.75, 3.05) is 26.9 Å². The molecule has 8 heteroatoms. The zero-order valence-corrected chi connectivity index (χ0v) is 14.9. The molecule has 134 valence electrons. The summed E-state index contributed by atoms with van der Waals surface area (Å²) in [7, 11) is 1.61. The van der Waals surface area contributed by atoms with Crippen molar-refractivity contribution in [3.63, 3.8) is 0 Å². The maximum Gasteiger partial charge on any atom is 0.248 e. The monoisotopic (exact) mass is 371 g/mol. The summed E-state index contributed by atoms with van der Waals surface area (Å²) < 4.78 is 17.8. The number of methoxy groups -OCH3 is 1. The number of thiazole rings is 1. The van der Waals surface area contributed by atoms with Crippen LogP contribution in [0, 0.1) is 0 Å². The Bertz CT molecular complexity index is 966. The van der Waals surface area contributed by atoms with E-state index in [2.05, 4.69) is 4.98 Å². The maximum absolute atomic E-state index is 11.4. The zero-order chi connectivity index (χ0) is 18.1. The first-order valence-electron chi connectivity index (χ1n) is 8.10. The molecule has 7 nitrogen and oxygen atoms in total. The van der Waals surface area contributed by atoms with Crippen molar-refractivity contribution in [3.05, 3.63) is 41.6 Å². The third-order valence-electron chi connectivity index (χ3n) is 4.18. The van der Waals surface area contributed by atoms with Gasteiger partial charge >= 0.3 is 0 Å². The first kappa shape index (κ1) is 16.9. The Morgan fingerprint density at radius 3 is 2.96 bits per heavy atom. The molecule has 26 heavy (non-hydrogen) atoms. The summed E-state index contributed by atoms with van der Waals surface area (Å²) in [4.78, 5) is 20.5. The van der Waals surface area contributed by atoms with Gasteiger partial charge in [-0.3, -0.25) is 9.78 Å². The van der Waals surface area contributed by atoms with Crippen LogP contribution >= 0.6 is 11.3 Å². The van der Waals surface area contributed by atoms with Crippen LogP contribution in [0.5, 0.6) is 5.75 Å². The van der Waals surface area contributed by atoms with Crippen LogP contribution in [0.25, 0.3) is 20.9 Å². The van der Waals surface area contributed by atoms with Gasteiger partial charge in [0.2, 0.25) is 5.91 Å². The van der Waals surface area contributed by atoms with E-state index in [4.69, 9.17) is 24.9 Å². The smallest absolute Gasteiger partial charge is 0.248 e. The van der Waals surface area contributed by atoms with E-state index in [9.17, 15) is 4.79 Å². The summed E-state index contributed by atoms with van der Waals surface area (Å²) in [6.45, 7) is 1.67. The average molecular weight is 371 g/mol. The number of pyridine rings is 1. The molecule has 1 amide bonds. The number of amides is 1. The predicted octanol–water partition coefficient (Wildman–Crippen LogP) is 2.55. The molecule has 1 unspecified atom stereocenters. The van der Waals surface area contributed by atoms with Gasteiger partial charge in [-0.2, -0.15) is 0 Å². The molecule has 3 aromatic rings. The highest BCUT2D eigenvalue weighted by atomic mass is 32.1. The van der Waals surface area contributed by atoms with E-state index in [1.807, 2.05) is 12.1 Å². The van der Waals surface area contributed by atoms with Gasteiger partial charge in [0.25, 0.3) is 0 Å². The van der Waals surface area contributed by atoms with Gasteiger partial charge in [0.1, 0.15) is 22.4 Å². The molecule has 4 rings (SSSR count). The lowest BCUT2D eigenvalue weighted by Gasteiger charge is -2.23. The Kier molecular flexibility index (Phi) is 4.54. The summed E-state index contributed by atoms with van der Waals surface area (Å²) in [5.74, 6) is 0.176. The highest BCUT2D eigenvalue weighted by Crippen LogP contribution is 2.39. The van der Waals surface area contributed by atoms with Crippen LogP contribution in [0.4, 0.5) is 0 Å². The molecule has 3 heterocycles. The standard InChI is InChI=1S/C18H17N3O4S/c1-23-13-3-2-11(14-9-24-6-7-25-14)16-15(13)21-18(26-16)12-8-10(17(19)22)4-5-20-12/h2-5,8,14H,6-7,9H2,1H3,(H2,19,22). The van der Waals surface area contributed by atoms with Gasteiger partial charge < -0.3 is 19.9 Å². The van der Waals surface area contributed by atoms with Crippen LogP contribution in [0.15, 0.2) is 30.5 Å². The Morgan fingerprint density at radius 1 is 1.35 bits per heavy atom. The number of carbonyl (C=O) groups is 1. The van der Waals surface area contributed by atoms with Crippen molar-refractivity contribution in [1.82, 2.24) is 9.97 Å². The molecule has 0 saturated carbocycles. The Labute approximate surface area is 153 Å². The second-order valence-electron chi connectivity index (χ2n) is 5.78. The van der Waals surface area contributed by atoms with Gasteiger partial charge in [0, 0.05) is 17.3 Å². The topological polar surface area (TPSA) is 96.6 Å². The number of aromatic nitrogens is 2. The van der Waals surface area contributed by atoms with Crippen molar-refractivity contribution in [2.24, 2.45) is 5.73 Å². The minimum Gasteiger partial charge on any atom is -0.494 e. The number of fused-ring (bicyclic) bond motifs is 1. The lowest BCUT2D eigenvalue weighted by molar-refractivity contribution is -0.0895. The Morgan fingerprint density at radius 2 is 2.23 bits per heavy atom. The minimum absolute atomic E-state index is 0.143. The van der Waals surface area contributed by atoms with Crippen LogP contribution in [0.2, 0.25) is 0 Å². The summed E-state index contributed by atoms with van der Waals surface area (Å²) in [5.41, 5.74) is 8.11. The van der Waals surface area contributed by atoms with E-state index in [0.29, 0.717) is 41.8 Å². The van der Waals surface area contributed by atoms with E-state index in [1.54, 1.807) is 25.4 Å². The normalized spacial score (nSPS) is 17.3. The molecule has 2 N–H and O–H groups in total. The third kappa shape index (κ3) is 3.03. The Balaban J connectivity index is 1.85. The molecule has 0 aliphatic carbocycles. The van der Waals surface area contributed by atoms with Crippen LogP contribution in [0.1, 0.15) is 22.0 Å². The van der Waals surface area contributed by atoms with E-state index in [1.165, 1.54) is 11.3 Å². The molecule has 1 aliphatic heterocycles. The van der Waals surface area contributed by atoms with Gasteiger partial charge in [0.05, 0.1) is 37.3 Å². The summed E-state index contributed by atoms with van der Waals surface area (Å²) in [6.07, 6.45) is 1.41. The van der Waals surface area contributed by atoms with Crippen LogP contribution in [-0.2, 0) is 9.47 Å². The summed E-state index contributed by atoms with van der Waals surface area (Å²) >= 11 is 1.48. The number of nitrogens with two attached hydrogens (primary N) is 1. The SMILES string of the molecule is COc1ccc(C2COCCO2)c2sc(-c3cc(C(N)=O)ccn3)nc12. The molecular formula is C18H17N3O4S. The average Bonchev–Trinajstić information content (AvgIpc) is 3.13. The molecule has 1 saturated heterocycles. The largest absolute Gasteiger partial charge is 0.494 e. The molecule has 1 aromatic carbocycles. The van der Waals surface area contributed by atoms with Crippen molar-refractivity contribution in [1.29, 1.82) is 0 Å². The first-order valence-corrected chi connectivity index (χ1v) is 8.92. The van der Waals surface area contributed by atoms with E-state index in [-0.39, 0.29) is 6.10 Å². The minimum atomic E-state index is -0.499. The van der Waals surface area contributed by atoms with Crippen molar-refractivity contribution in [2.45, 2.75) is 6.10 Å². The van der Waals surface area contributed by atoms with Crippen molar-refractivity contribution >= 4 is 27.5 Å². The third-order valence-corrected chi connectivity index (χ3v) is 5.31. The lowest BCUT2D eigenvalue weighted by Crippen LogP contribution is -2.21. The number of rotatable bonds is 4. The summed E-state index contributed by atoms with van der Waals surface area (Å²) in [6, 6.07) is 7.09. The van der Waals surface area contributed by atoms with Gasteiger partial charge in [-0.05, 0) is 18.2 Å². The Hall–Kier alpha value is -2.55. The van der Waals surface area contributed by atoms with Gasteiger partial charge in [-0.1, -0.05) is 6.07 Å². The number of primary amides is 1. The van der Waals surface area contributed by atoms with Crippen molar-refractivity contribution in [3.8, 4) is 16.5 Å². The van der Waals surface area contributed by atoms with Gasteiger partial charge in [-0.25, -0.2) is 4.98 Å². The fraction of sp³-hybridized carbons (Fsp3) is 0.278.